The molecule has 0 aliphatic heterocycles. The number of alkyl halides is 1. The van der Waals surface area contributed by atoms with Crippen LogP contribution in [-0.4, -0.2) is 23.9 Å². The Morgan fingerprint density at radius 2 is 1.94 bits per heavy atom. The second-order valence-electron chi connectivity index (χ2n) is 4.87. The van der Waals surface area contributed by atoms with Crippen LogP contribution in [0, 0.1) is 5.92 Å². The van der Waals surface area contributed by atoms with Gasteiger partial charge in [0.2, 0.25) is 5.91 Å². The number of urea groups is 1. The fourth-order valence-electron chi connectivity index (χ4n) is 2.57. The Balaban J connectivity index is 2.37. The third kappa shape index (κ3) is 5.25. The number of carbonyl (C=O) groups excluding carboxylic acids is 2. The van der Waals surface area contributed by atoms with Crippen LogP contribution >= 0.6 is 11.6 Å². The van der Waals surface area contributed by atoms with Crippen molar-refractivity contribution in [2.75, 3.05) is 5.88 Å². The summed E-state index contributed by atoms with van der Waals surface area (Å²) in [6.45, 7) is 2.07. The Morgan fingerprint density at radius 1 is 1.28 bits per heavy atom. The molecule has 0 spiro atoms. The maximum absolute atomic E-state index is 11.7. The Morgan fingerprint density at radius 3 is 2.50 bits per heavy atom. The summed E-state index contributed by atoms with van der Waals surface area (Å²) in [4.78, 5) is 22.9. The first-order valence-electron chi connectivity index (χ1n) is 6.83. The van der Waals surface area contributed by atoms with Gasteiger partial charge in [0.15, 0.2) is 0 Å². The van der Waals surface area contributed by atoms with Crippen LogP contribution in [-0.2, 0) is 4.79 Å². The molecule has 3 amide bonds. The average molecular weight is 275 g/mol. The Bertz CT molecular complexity index is 278. The van der Waals surface area contributed by atoms with Crippen LogP contribution in [0.3, 0.4) is 0 Å². The Hall–Kier alpha value is -0.770. The molecule has 0 aromatic heterocycles. The number of nitrogens with one attached hydrogen (secondary N) is 2. The van der Waals surface area contributed by atoms with E-state index in [0.717, 1.165) is 6.42 Å². The molecule has 1 rings (SSSR count). The minimum absolute atomic E-state index is 0.175. The van der Waals surface area contributed by atoms with Gasteiger partial charge in [0, 0.05) is 18.3 Å². The molecule has 104 valence electrons. The topological polar surface area (TPSA) is 58.2 Å². The van der Waals surface area contributed by atoms with E-state index in [4.69, 9.17) is 11.6 Å². The van der Waals surface area contributed by atoms with Gasteiger partial charge in [-0.1, -0.05) is 26.2 Å². The van der Waals surface area contributed by atoms with Crippen molar-refractivity contribution in [2.45, 2.75) is 57.9 Å². The molecule has 0 radical (unpaired) electrons. The number of carbonyl (C=O) groups is 2. The van der Waals surface area contributed by atoms with Crippen molar-refractivity contribution in [3.8, 4) is 0 Å². The highest BCUT2D eigenvalue weighted by atomic mass is 35.5. The Kier molecular flexibility index (Phi) is 7.09. The third-order valence-corrected chi connectivity index (χ3v) is 3.74. The van der Waals surface area contributed by atoms with E-state index in [0.29, 0.717) is 5.92 Å². The van der Waals surface area contributed by atoms with Gasteiger partial charge in [-0.3, -0.25) is 10.1 Å². The van der Waals surface area contributed by atoms with E-state index in [1.54, 1.807) is 0 Å². The van der Waals surface area contributed by atoms with E-state index in [2.05, 4.69) is 17.6 Å². The molecule has 2 N–H and O–H groups in total. The molecule has 1 aliphatic rings. The van der Waals surface area contributed by atoms with E-state index in [1.807, 2.05) is 0 Å². The van der Waals surface area contributed by atoms with Gasteiger partial charge in [0.25, 0.3) is 0 Å². The molecule has 1 unspecified atom stereocenters. The number of halogens is 1. The highest BCUT2D eigenvalue weighted by Crippen LogP contribution is 2.27. The molecule has 18 heavy (non-hydrogen) atoms. The van der Waals surface area contributed by atoms with Gasteiger partial charge in [-0.25, -0.2) is 4.79 Å². The number of hydrogen-bond donors (Lipinski definition) is 2. The highest BCUT2D eigenvalue weighted by Gasteiger charge is 2.23. The quantitative estimate of drug-likeness (QED) is 0.758. The number of hydrogen-bond acceptors (Lipinski definition) is 2. The van der Waals surface area contributed by atoms with Gasteiger partial charge in [-0.2, -0.15) is 0 Å². The monoisotopic (exact) mass is 274 g/mol. The first kappa shape index (κ1) is 15.3. The molecule has 1 fully saturated rings. The maximum Gasteiger partial charge on any atom is 0.321 e. The van der Waals surface area contributed by atoms with E-state index in [-0.39, 0.29) is 30.3 Å². The second kappa shape index (κ2) is 8.35. The van der Waals surface area contributed by atoms with Crippen LogP contribution in [0.1, 0.15) is 51.9 Å². The second-order valence-corrected chi connectivity index (χ2v) is 5.25. The Labute approximate surface area is 114 Å². The minimum atomic E-state index is -0.387. The molecule has 0 bridgehead atoms. The minimum Gasteiger partial charge on any atom is -0.335 e. The van der Waals surface area contributed by atoms with Crippen LogP contribution in [0.4, 0.5) is 4.79 Å². The normalized spacial score (nSPS) is 18.1. The predicted molar refractivity (Wildman–Crippen MR) is 72.7 cm³/mol. The first-order valence-corrected chi connectivity index (χ1v) is 7.37. The van der Waals surface area contributed by atoms with Gasteiger partial charge in [0.05, 0.1) is 0 Å². The summed E-state index contributed by atoms with van der Waals surface area (Å²) in [5, 5.41) is 5.22. The van der Waals surface area contributed by atoms with Crippen LogP contribution < -0.4 is 10.6 Å². The molecule has 1 atom stereocenters. The largest absolute Gasteiger partial charge is 0.335 e. The van der Waals surface area contributed by atoms with Crippen molar-refractivity contribution in [3.05, 3.63) is 0 Å². The van der Waals surface area contributed by atoms with Crippen molar-refractivity contribution in [3.63, 3.8) is 0 Å². The van der Waals surface area contributed by atoms with E-state index < -0.39 is 0 Å². The van der Waals surface area contributed by atoms with Crippen LogP contribution in [0.25, 0.3) is 0 Å². The van der Waals surface area contributed by atoms with Crippen LogP contribution in [0.15, 0.2) is 0 Å². The van der Waals surface area contributed by atoms with Crippen molar-refractivity contribution in [1.29, 1.82) is 0 Å². The van der Waals surface area contributed by atoms with E-state index in [1.165, 1.54) is 32.1 Å². The van der Waals surface area contributed by atoms with Gasteiger partial charge < -0.3 is 5.32 Å². The smallest absolute Gasteiger partial charge is 0.321 e. The zero-order valence-electron chi connectivity index (χ0n) is 11.0. The molecule has 5 heteroatoms. The SMILES string of the molecule is CCC(NC(=O)NC(=O)CCCl)C1CCCCC1. The van der Waals surface area contributed by atoms with E-state index >= 15 is 0 Å². The highest BCUT2D eigenvalue weighted by molar-refractivity contribution is 6.19. The summed E-state index contributed by atoms with van der Waals surface area (Å²) in [6, 6.07) is -0.211. The third-order valence-electron chi connectivity index (χ3n) is 3.55. The van der Waals surface area contributed by atoms with Crippen LogP contribution in [0.2, 0.25) is 0 Å². The fourth-order valence-corrected chi connectivity index (χ4v) is 2.74. The number of imide groups is 1. The average Bonchev–Trinajstić information content (AvgIpc) is 2.37. The molecule has 1 aliphatic carbocycles. The lowest BCUT2D eigenvalue weighted by Gasteiger charge is -2.30. The lowest BCUT2D eigenvalue weighted by atomic mass is 9.83. The summed E-state index contributed by atoms with van der Waals surface area (Å²) in [7, 11) is 0. The zero-order valence-corrected chi connectivity index (χ0v) is 11.8. The van der Waals surface area contributed by atoms with Gasteiger partial charge in [-0.05, 0) is 25.2 Å². The molecule has 0 aromatic rings. The molecule has 4 nitrogen and oxygen atoms in total. The molecule has 1 saturated carbocycles. The van der Waals surface area contributed by atoms with Crippen molar-refractivity contribution in [1.82, 2.24) is 10.6 Å². The van der Waals surface area contributed by atoms with Gasteiger partial charge in [-0.15, -0.1) is 11.6 Å². The standard InChI is InChI=1S/C13H23ClN2O2/c1-2-11(10-6-4-3-5-7-10)15-13(18)16-12(17)8-9-14/h10-11H,2-9H2,1H3,(H2,15,16,17,18). The summed E-state index contributed by atoms with van der Waals surface area (Å²) in [5.41, 5.74) is 0. The summed E-state index contributed by atoms with van der Waals surface area (Å²) in [5.74, 6) is 0.470. The molecule has 0 saturated heterocycles. The van der Waals surface area contributed by atoms with Crippen molar-refractivity contribution < 1.29 is 9.59 Å². The van der Waals surface area contributed by atoms with E-state index in [9.17, 15) is 9.59 Å². The fraction of sp³-hybridized carbons (Fsp3) is 0.846. The first-order chi connectivity index (χ1) is 8.67. The molecule has 0 heterocycles. The zero-order chi connectivity index (χ0) is 13.4. The van der Waals surface area contributed by atoms with Crippen molar-refractivity contribution >= 4 is 23.5 Å². The van der Waals surface area contributed by atoms with Gasteiger partial charge >= 0.3 is 6.03 Å². The van der Waals surface area contributed by atoms with Crippen LogP contribution in [0.5, 0.6) is 0 Å². The summed E-state index contributed by atoms with van der Waals surface area (Å²) < 4.78 is 0. The van der Waals surface area contributed by atoms with Crippen molar-refractivity contribution in [2.24, 2.45) is 5.92 Å². The summed E-state index contributed by atoms with van der Waals surface area (Å²) >= 11 is 5.44. The maximum atomic E-state index is 11.7. The lowest BCUT2D eigenvalue weighted by Crippen LogP contribution is -2.47. The molecular formula is C13H23ClN2O2. The van der Waals surface area contributed by atoms with Gasteiger partial charge in [0.1, 0.15) is 0 Å². The lowest BCUT2D eigenvalue weighted by molar-refractivity contribution is -0.119. The number of amides is 3. The summed E-state index contributed by atoms with van der Waals surface area (Å²) in [6.07, 6.45) is 7.22. The molecular weight excluding hydrogens is 252 g/mol. The predicted octanol–water partition coefficient (Wildman–Crippen LogP) is 2.80. The number of rotatable bonds is 5. The molecule has 0 aromatic carbocycles.